The third-order valence-corrected chi connectivity index (χ3v) is 5.67. The van der Waals surface area contributed by atoms with Crippen LogP contribution in [0.3, 0.4) is 0 Å². The number of carbonyl (C=O) groups excluding carboxylic acids is 3. The Bertz CT molecular complexity index is 1460. The first-order valence-corrected chi connectivity index (χ1v) is 11.3. The quantitative estimate of drug-likeness (QED) is 0.153. The fourth-order valence-electron chi connectivity index (χ4n) is 3.95. The van der Waals surface area contributed by atoms with Crippen LogP contribution in [0.1, 0.15) is 60.3 Å². The first-order chi connectivity index (χ1) is 17.2. The molecule has 36 heavy (non-hydrogen) atoms. The van der Waals surface area contributed by atoms with Gasteiger partial charge < -0.3 is 9.68 Å². The summed E-state index contributed by atoms with van der Waals surface area (Å²) in [6.07, 6.45) is 2.07. The number of rotatable bonds is 6. The number of oxime groups is 2. The highest BCUT2D eigenvalue weighted by molar-refractivity contribution is 6.45. The van der Waals surface area contributed by atoms with Gasteiger partial charge >= 0.3 is 11.9 Å². The number of benzene rings is 3. The number of carbonyl (C=O) groups is 3. The van der Waals surface area contributed by atoms with E-state index in [2.05, 4.69) is 33.4 Å². The predicted molar refractivity (Wildman–Crippen MR) is 138 cm³/mol. The smallest absolute Gasteiger partial charge is 0.318 e. The van der Waals surface area contributed by atoms with Gasteiger partial charge in [-0.05, 0) is 64.9 Å². The normalized spacial score (nSPS) is 13.7. The van der Waals surface area contributed by atoms with E-state index in [0.717, 1.165) is 39.0 Å². The summed E-state index contributed by atoms with van der Waals surface area (Å²) < 4.78 is 0. The molecule has 0 N–H and O–H groups in total. The van der Waals surface area contributed by atoms with Crippen LogP contribution in [0.4, 0.5) is 0 Å². The zero-order chi connectivity index (χ0) is 25.8. The molecule has 0 heterocycles. The molecule has 0 atom stereocenters. The molecule has 180 valence electrons. The van der Waals surface area contributed by atoms with Gasteiger partial charge in [0.15, 0.2) is 0 Å². The van der Waals surface area contributed by atoms with Crippen molar-refractivity contribution in [3.05, 3.63) is 94.5 Å². The molecule has 1 aliphatic carbocycles. The topological polar surface area (TPSA) is 94.4 Å². The predicted octanol–water partition coefficient (Wildman–Crippen LogP) is 5.66. The average Bonchev–Trinajstić information content (AvgIpc) is 3.18. The van der Waals surface area contributed by atoms with Crippen molar-refractivity contribution in [3.63, 3.8) is 0 Å². The minimum Gasteiger partial charge on any atom is -0.318 e. The molecule has 0 spiro atoms. The highest BCUT2D eigenvalue weighted by Gasteiger charge is 2.25. The molecule has 3 aromatic rings. The maximum Gasteiger partial charge on any atom is 0.331 e. The van der Waals surface area contributed by atoms with Gasteiger partial charge in [-0.3, -0.25) is 4.79 Å². The van der Waals surface area contributed by atoms with E-state index in [1.165, 1.54) is 20.8 Å². The van der Waals surface area contributed by atoms with E-state index < -0.39 is 11.9 Å². The van der Waals surface area contributed by atoms with Crippen LogP contribution in [0.5, 0.6) is 0 Å². The molecule has 0 amide bonds. The summed E-state index contributed by atoms with van der Waals surface area (Å²) in [4.78, 5) is 44.3. The van der Waals surface area contributed by atoms with Gasteiger partial charge in [0.2, 0.25) is 5.78 Å². The van der Waals surface area contributed by atoms with Gasteiger partial charge in [0.1, 0.15) is 5.71 Å². The third-order valence-electron chi connectivity index (χ3n) is 5.67. The van der Waals surface area contributed by atoms with Crippen LogP contribution in [-0.4, -0.2) is 29.1 Å². The Hall–Kier alpha value is -4.65. The number of fused-ring (bicyclic) bond motifs is 3. The fourth-order valence-corrected chi connectivity index (χ4v) is 3.95. The molecule has 0 aliphatic heterocycles. The SMILES string of the molecule is CC(=O)O/N=C(\C)C(=O)c1ccc2c(c1)/C(=C\c1ccc(/C(C)=N/OC(C)=O)cc1)c1ccccc1-2. The molecule has 0 radical (unpaired) electrons. The minimum atomic E-state index is -0.587. The Morgan fingerprint density at radius 1 is 0.667 bits per heavy atom. The number of ketones is 1. The van der Waals surface area contributed by atoms with Gasteiger partial charge in [-0.25, -0.2) is 9.59 Å². The summed E-state index contributed by atoms with van der Waals surface area (Å²) in [7, 11) is 0. The molecule has 0 bridgehead atoms. The molecule has 4 rings (SSSR count). The van der Waals surface area contributed by atoms with Gasteiger partial charge in [-0.1, -0.05) is 71.0 Å². The number of nitrogens with zero attached hydrogens (tertiary/aromatic N) is 2. The molecule has 0 fully saturated rings. The maximum absolute atomic E-state index is 12.9. The molecule has 0 aromatic heterocycles. The molecule has 7 heteroatoms. The van der Waals surface area contributed by atoms with Crippen molar-refractivity contribution >= 4 is 40.8 Å². The van der Waals surface area contributed by atoms with E-state index in [4.69, 9.17) is 4.84 Å². The fraction of sp³-hybridized carbons (Fsp3) is 0.138. The zero-order valence-electron chi connectivity index (χ0n) is 20.4. The standard InChI is InChI=1S/C29H24N2O5/c1-17(30-35-19(3)32)22-11-9-21(10-12-22)15-27-25-8-6-5-7-24(25)26-14-13-23(16-28(26)27)29(34)18(2)31-36-20(4)33/h5-16H,1-4H3/b27-15-,30-17+,31-18+. The lowest BCUT2D eigenvalue weighted by Crippen LogP contribution is -2.12. The lowest BCUT2D eigenvalue weighted by atomic mass is 9.97. The first-order valence-electron chi connectivity index (χ1n) is 11.3. The van der Waals surface area contributed by atoms with Crippen molar-refractivity contribution in [2.24, 2.45) is 10.3 Å². The Morgan fingerprint density at radius 3 is 1.92 bits per heavy atom. The van der Waals surface area contributed by atoms with Crippen molar-refractivity contribution < 1.29 is 24.1 Å². The summed E-state index contributed by atoms with van der Waals surface area (Å²) in [5.41, 5.74) is 8.03. The Kier molecular flexibility index (Phi) is 7.01. The number of Topliss-reactive ketones (excluding diaryl/α,β-unsaturated/α-hetero) is 1. The Labute approximate surface area is 208 Å². The van der Waals surface area contributed by atoms with Crippen molar-refractivity contribution in [2.45, 2.75) is 27.7 Å². The highest BCUT2D eigenvalue weighted by atomic mass is 16.7. The molecule has 7 nitrogen and oxygen atoms in total. The number of hydrogen-bond donors (Lipinski definition) is 0. The van der Waals surface area contributed by atoms with Gasteiger partial charge in [0, 0.05) is 19.4 Å². The van der Waals surface area contributed by atoms with Gasteiger partial charge in [0.05, 0.1) is 5.71 Å². The second kappa shape index (κ2) is 10.3. The van der Waals surface area contributed by atoms with Crippen LogP contribution in [0.25, 0.3) is 22.8 Å². The molecule has 0 unspecified atom stereocenters. The monoisotopic (exact) mass is 480 g/mol. The lowest BCUT2D eigenvalue weighted by molar-refractivity contribution is -0.141. The van der Waals surface area contributed by atoms with Crippen molar-refractivity contribution in [1.29, 1.82) is 0 Å². The maximum atomic E-state index is 12.9. The van der Waals surface area contributed by atoms with Crippen molar-refractivity contribution in [3.8, 4) is 11.1 Å². The summed E-state index contributed by atoms with van der Waals surface area (Å²) >= 11 is 0. The second-order valence-corrected chi connectivity index (χ2v) is 8.33. The molecule has 0 saturated carbocycles. The highest BCUT2D eigenvalue weighted by Crippen LogP contribution is 2.45. The van der Waals surface area contributed by atoms with Gasteiger partial charge in [-0.2, -0.15) is 0 Å². The molecule has 3 aromatic carbocycles. The summed E-state index contributed by atoms with van der Waals surface area (Å²) in [6, 6.07) is 21.4. The van der Waals surface area contributed by atoms with Crippen LogP contribution >= 0.6 is 0 Å². The largest absolute Gasteiger partial charge is 0.331 e. The lowest BCUT2D eigenvalue weighted by Gasteiger charge is -2.07. The van der Waals surface area contributed by atoms with Crippen molar-refractivity contribution in [2.75, 3.05) is 0 Å². The Balaban J connectivity index is 1.72. The summed E-state index contributed by atoms with van der Waals surface area (Å²) in [5, 5.41) is 7.46. The van der Waals surface area contributed by atoms with Crippen molar-refractivity contribution in [1.82, 2.24) is 0 Å². The van der Waals surface area contributed by atoms with Gasteiger partial charge in [0.25, 0.3) is 0 Å². The summed E-state index contributed by atoms with van der Waals surface area (Å²) in [6.45, 7) is 5.81. The van der Waals surface area contributed by atoms with Crippen LogP contribution in [-0.2, 0) is 19.3 Å². The van der Waals surface area contributed by atoms with E-state index >= 15 is 0 Å². The van der Waals surface area contributed by atoms with Crippen LogP contribution in [0.2, 0.25) is 0 Å². The van der Waals surface area contributed by atoms with Crippen LogP contribution < -0.4 is 0 Å². The average molecular weight is 481 g/mol. The van der Waals surface area contributed by atoms with Crippen LogP contribution in [0, 0.1) is 0 Å². The zero-order valence-corrected chi connectivity index (χ0v) is 20.4. The summed E-state index contributed by atoms with van der Waals surface area (Å²) in [5.74, 6) is -1.38. The number of hydrogen-bond acceptors (Lipinski definition) is 7. The van der Waals surface area contributed by atoms with E-state index in [1.807, 2.05) is 48.5 Å². The molecular formula is C29H24N2O5. The third kappa shape index (κ3) is 5.20. The van der Waals surface area contributed by atoms with Gasteiger partial charge in [-0.15, -0.1) is 0 Å². The second-order valence-electron chi connectivity index (χ2n) is 8.33. The van der Waals surface area contributed by atoms with E-state index in [-0.39, 0.29) is 11.5 Å². The van der Waals surface area contributed by atoms with Crippen LogP contribution in [0.15, 0.2) is 77.0 Å². The van der Waals surface area contributed by atoms with E-state index in [1.54, 1.807) is 13.0 Å². The molecule has 0 saturated heterocycles. The van der Waals surface area contributed by atoms with E-state index in [9.17, 15) is 14.4 Å². The van der Waals surface area contributed by atoms with E-state index in [0.29, 0.717) is 11.3 Å². The molecule has 1 aliphatic rings. The first kappa shape index (κ1) is 24.5. The minimum absolute atomic E-state index is 0.0903. The Morgan fingerprint density at radius 2 is 1.25 bits per heavy atom. The molecular weight excluding hydrogens is 456 g/mol.